The predicted octanol–water partition coefficient (Wildman–Crippen LogP) is 5.65. The monoisotopic (exact) mass is 1010 g/mol. The zero-order valence-electron chi connectivity index (χ0n) is 35.9. The molecule has 0 aromatic heterocycles. The van der Waals surface area contributed by atoms with Gasteiger partial charge in [-0.2, -0.15) is 0 Å². The Labute approximate surface area is 368 Å². The molecule has 1 aromatic rings. The SMILES string of the molecule is CN(C)CCCOC(=O)C(Br)CC(C)(C)C(=O)Oc1cc(OC(=O)C(C)(C)CC(Br)C(=O)OCCN(C)C)cc(OC(=O)C(C)(C)CC(Br)C(=O)OCCN(C)C)c1. The van der Waals surface area contributed by atoms with E-state index in [1.54, 1.807) is 41.5 Å². The van der Waals surface area contributed by atoms with Crippen molar-refractivity contribution in [1.29, 1.82) is 0 Å². The first-order valence-electron chi connectivity index (χ1n) is 18.8. The Morgan fingerprint density at radius 3 is 1.00 bits per heavy atom. The van der Waals surface area contributed by atoms with Crippen LogP contribution >= 0.6 is 47.8 Å². The van der Waals surface area contributed by atoms with E-state index in [1.165, 1.54) is 18.2 Å². The van der Waals surface area contributed by atoms with Crippen LogP contribution in [0.1, 0.15) is 67.2 Å². The van der Waals surface area contributed by atoms with Crippen LogP contribution in [0.15, 0.2) is 18.2 Å². The highest BCUT2D eigenvalue weighted by Crippen LogP contribution is 2.36. The van der Waals surface area contributed by atoms with Crippen molar-refractivity contribution < 1.29 is 57.2 Å². The summed E-state index contributed by atoms with van der Waals surface area (Å²) >= 11 is 9.99. The van der Waals surface area contributed by atoms with Crippen molar-refractivity contribution in [2.75, 3.05) is 81.7 Å². The normalized spacial score (nSPS) is 13.8. The van der Waals surface area contributed by atoms with Crippen LogP contribution in [0.25, 0.3) is 0 Å². The Kier molecular flexibility index (Phi) is 22.6. The van der Waals surface area contributed by atoms with Crippen molar-refractivity contribution in [3.8, 4) is 17.2 Å². The maximum Gasteiger partial charge on any atom is 0.319 e. The van der Waals surface area contributed by atoms with E-state index in [0.29, 0.717) is 19.5 Å². The Morgan fingerprint density at radius 1 is 0.483 bits per heavy atom. The second-order valence-electron chi connectivity index (χ2n) is 16.7. The van der Waals surface area contributed by atoms with Gasteiger partial charge in [-0.1, -0.05) is 47.8 Å². The van der Waals surface area contributed by atoms with Crippen LogP contribution < -0.4 is 14.2 Å². The van der Waals surface area contributed by atoms with Gasteiger partial charge in [-0.15, -0.1) is 0 Å². The third kappa shape index (κ3) is 20.1. The van der Waals surface area contributed by atoms with E-state index >= 15 is 0 Å². The lowest BCUT2D eigenvalue weighted by atomic mass is 9.88. The van der Waals surface area contributed by atoms with Crippen molar-refractivity contribution >= 4 is 83.6 Å². The molecule has 330 valence electrons. The highest BCUT2D eigenvalue weighted by molar-refractivity contribution is 9.10. The largest absolute Gasteiger partial charge is 0.465 e. The molecule has 0 N–H and O–H groups in total. The maximum absolute atomic E-state index is 13.6. The zero-order valence-corrected chi connectivity index (χ0v) is 40.7. The molecule has 0 aliphatic carbocycles. The number of carbonyl (C=O) groups excluding carboxylic acids is 6. The maximum atomic E-state index is 13.6. The van der Waals surface area contributed by atoms with Gasteiger partial charge >= 0.3 is 35.8 Å². The first kappa shape index (κ1) is 53.4. The smallest absolute Gasteiger partial charge is 0.319 e. The van der Waals surface area contributed by atoms with E-state index in [0.717, 1.165) is 6.54 Å². The van der Waals surface area contributed by atoms with E-state index in [2.05, 4.69) is 47.8 Å². The highest BCUT2D eigenvalue weighted by atomic mass is 79.9. The first-order valence-corrected chi connectivity index (χ1v) is 21.6. The predicted molar refractivity (Wildman–Crippen MR) is 230 cm³/mol. The van der Waals surface area contributed by atoms with Gasteiger partial charge in [0.15, 0.2) is 0 Å². The highest BCUT2D eigenvalue weighted by Gasteiger charge is 2.38. The van der Waals surface area contributed by atoms with Crippen LogP contribution in [0.3, 0.4) is 0 Å². The second kappa shape index (κ2) is 24.6. The van der Waals surface area contributed by atoms with Gasteiger partial charge in [0.05, 0.1) is 22.9 Å². The first-order chi connectivity index (χ1) is 26.7. The van der Waals surface area contributed by atoms with Gasteiger partial charge in [-0.3, -0.25) is 28.8 Å². The summed E-state index contributed by atoms with van der Waals surface area (Å²) in [5, 5.41) is 0. The summed E-state index contributed by atoms with van der Waals surface area (Å²) in [6.07, 6.45) is 0.700. The number of rotatable bonds is 25. The number of carbonyl (C=O) groups is 6. The molecule has 0 aliphatic rings. The number of esters is 6. The molecule has 0 aliphatic heterocycles. The Balaban J connectivity index is 3.33. The number of hydrogen-bond acceptors (Lipinski definition) is 15. The molecule has 18 heteroatoms. The number of ether oxygens (including phenoxy) is 6. The van der Waals surface area contributed by atoms with Gasteiger partial charge in [0, 0.05) is 37.8 Å². The molecule has 1 aromatic carbocycles. The fourth-order valence-electron chi connectivity index (χ4n) is 4.78. The molecule has 3 atom stereocenters. The van der Waals surface area contributed by atoms with Crippen LogP contribution in [-0.2, 0) is 43.0 Å². The zero-order chi connectivity index (χ0) is 44.6. The number of halogens is 3. The molecular weight excluding hydrogens is 954 g/mol. The van der Waals surface area contributed by atoms with Crippen LogP contribution in [0.2, 0.25) is 0 Å². The van der Waals surface area contributed by atoms with E-state index in [4.69, 9.17) is 28.4 Å². The Bertz CT molecular complexity index is 1470. The molecule has 0 radical (unpaired) electrons. The summed E-state index contributed by atoms with van der Waals surface area (Å²) in [5.41, 5.74) is -3.66. The average Bonchev–Trinajstić information content (AvgIpc) is 3.08. The van der Waals surface area contributed by atoms with Crippen molar-refractivity contribution in [3.05, 3.63) is 18.2 Å². The third-order valence-corrected chi connectivity index (χ3v) is 10.6. The molecule has 1 rings (SSSR count). The van der Waals surface area contributed by atoms with Crippen molar-refractivity contribution in [2.24, 2.45) is 16.2 Å². The molecule has 0 saturated heterocycles. The standard InChI is InChI=1S/C40H62Br3N3O12/c1-38(2,23-29(41)32(47)53-17-13-14-44(7)8)35(50)56-26-20-27(57-36(51)39(3,4)24-30(42)33(48)54-18-15-45(9)10)22-28(21-26)58-37(52)40(5,6)25-31(43)34(49)55-19-16-46(11)12/h20-22,29-31H,13-19,23-25H2,1-12H3. The molecule has 0 spiro atoms. The fraction of sp³-hybridized carbons (Fsp3) is 0.700. The minimum Gasteiger partial charge on any atom is -0.465 e. The Hall–Kier alpha value is -2.64. The molecule has 0 fully saturated rings. The van der Waals surface area contributed by atoms with Gasteiger partial charge in [-0.25, -0.2) is 0 Å². The number of alkyl halides is 3. The van der Waals surface area contributed by atoms with Gasteiger partial charge in [-0.05, 0) is 110 Å². The van der Waals surface area contributed by atoms with E-state index in [1.807, 2.05) is 57.0 Å². The van der Waals surface area contributed by atoms with E-state index < -0.39 is 66.5 Å². The van der Waals surface area contributed by atoms with Crippen LogP contribution in [0.5, 0.6) is 17.2 Å². The summed E-state index contributed by atoms with van der Waals surface area (Å²) in [5.74, 6) is -4.16. The summed E-state index contributed by atoms with van der Waals surface area (Å²) in [7, 11) is 11.2. The summed E-state index contributed by atoms with van der Waals surface area (Å²) in [6.45, 7) is 12.0. The van der Waals surface area contributed by atoms with Crippen molar-refractivity contribution in [3.63, 3.8) is 0 Å². The number of likely N-dealkylation sites (N-methyl/N-ethyl adjacent to an activating group) is 2. The van der Waals surface area contributed by atoms with Gasteiger partial charge in [0.2, 0.25) is 0 Å². The molecule has 58 heavy (non-hydrogen) atoms. The van der Waals surface area contributed by atoms with Gasteiger partial charge in [0.1, 0.15) is 44.9 Å². The lowest BCUT2D eigenvalue weighted by molar-refractivity contribution is -0.148. The number of benzene rings is 1. The molecule has 0 heterocycles. The van der Waals surface area contributed by atoms with Crippen LogP contribution in [-0.4, -0.2) is 147 Å². The Morgan fingerprint density at radius 2 is 0.741 bits per heavy atom. The summed E-state index contributed by atoms with van der Waals surface area (Å²) in [6, 6.07) is 3.86. The fourth-order valence-corrected chi connectivity index (χ4v) is 7.61. The molecule has 0 amide bonds. The lowest BCUT2D eigenvalue weighted by Crippen LogP contribution is -2.35. The lowest BCUT2D eigenvalue weighted by Gasteiger charge is -2.26. The quantitative estimate of drug-likeness (QED) is 0.0388. The van der Waals surface area contributed by atoms with Crippen molar-refractivity contribution in [2.45, 2.75) is 81.7 Å². The molecular formula is C40H62Br3N3O12. The van der Waals surface area contributed by atoms with Gasteiger partial charge < -0.3 is 43.1 Å². The topological polar surface area (TPSA) is 168 Å². The minimum atomic E-state index is -1.22. The second-order valence-corrected chi connectivity index (χ2v) is 20.1. The van der Waals surface area contributed by atoms with Crippen molar-refractivity contribution in [1.82, 2.24) is 14.7 Å². The third-order valence-electron chi connectivity index (χ3n) is 8.54. The number of hydrogen-bond donors (Lipinski definition) is 0. The molecule has 0 saturated carbocycles. The number of nitrogens with zero attached hydrogens (tertiary/aromatic N) is 3. The minimum absolute atomic E-state index is 0.0165. The molecule has 15 nitrogen and oxygen atoms in total. The van der Waals surface area contributed by atoms with E-state index in [9.17, 15) is 28.8 Å². The summed E-state index contributed by atoms with van der Waals surface area (Å²) in [4.78, 5) is 81.9. The average molecular weight is 1020 g/mol. The molecule has 0 bridgehead atoms. The molecule has 3 unspecified atom stereocenters. The van der Waals surface area contributed by atoms with Crippen LogP contribution in [0, 0.1) is 16.2 Å². The van der Waals surface area contributed by atoms with Gasteiger partial charge in [0.25, 0.3) is 0 Å². The van der Waals surface area contributed by atoms with Crippen LogP contribution in [0.4, 0.5) is 0 Å². The summed E-state index contributed by atoms with van der Waals surface area (Å²) < 4.78 is 33.2. The van der Waals surface area contributed by atoms with E-state index in [-0.39, 0.29) is 56.3 Å².